The van der Waals surface area contributed by atoms with Crippen molar-refractivity contribution in [2.24, 2.45) is 11.1 Å². The van der Waals surface area contributed by atoms with Gasteiger partial charge in [-0.3, -0.25) is 4.79 Å². The molecule has 0 aromatic carbocycles. The molecule has 1 spiro atoms. The third-order valence-corrected chi connectivity index (χ3v) is 5.26. The van der Waals surface area contributed by atoms with Gasteiger partial charge in [-0.1, -0.05) is 13.8 Å². The molecular formula is C18H23N3O4. The highest BCUT2D eigenvalue weighted by Crippen LogP contribution is 2.46. The summed E-state index contributed by atoms with van der Waals surface area (Å²) in [6, 6.07) is 3.78. The zero-order chi connectivity index (χ0) is 17.7. The van der Waals surface area contributed by atoms with Crippen molar-refractivity contribution in [3.05, 3.63) is 24.1 Å². The maximum absolute atomic E-state index is 11.2. The second-order valence-corrected chi connectivity index (χ2v) is 7.59. The molecular weight excluding hydrogens is 322 g/mol. The van der Waals surface area contributed by atoms with Crippen LogP contribution in [-0.4, -0.2) is 35.9 Å². The van der Waals surface area contributed by atoms with Crippen LogP contribution in [0.15, 0.2) is 22.7 Å². The molecule has 1 atom stereocenters. The molecule has 1 aliphatic carbocycles. The molecule has 1 aliphatic heterocycles. The van der Waals surface area contributed by atoms with Crippen LogP contribution in [0.5, 0.6) is 0 Å². The van der Waals surface area contributed by atoms with E-state index in [9.17, 15) is 4.79 Å². The lowest BCUT2D eigenvalue weighted by Gasteiger charge is -2.46. The number of fused-ring (bicyclic) bond motifs is 1. The van der Waals surface area contributed by atoms with Crippen molar-refractivity contribution in [1.29, 1.82) is 0 Å². The van der Waals surface area contributed by atoms with Gasteiger partial charge in [0.1, 0.15) is 5.82 Å². The molecule has 1 saturated heterocycles. The van der Waals surface area contributed by atoms with Crippen LogP contribution in [0.2, 0.25) is 0 Å². The van der Waals surface area contributed by atoms with E-state index in [-0.39, 0.29) is 17.2 Å². The van der Waals surface area contributed by atoms with Gasteiger partial charge in [0, 0.05) is 24.3 Å². The summed E-state index contributed by atoms with van der Waals surface area (Å²) in [5, 5.41) is 4.33. The van der Waals surface area contributed by atoms with Crippen molar-refractivity contribution < 1.29 is 18.7 Å². The second-order valence-electron chi connectivity index (χ2n) is 7.59. The van der Waals surface area contributed by atoms with Gasteiger partial charge in [0.25, 0.3) is 5.91 Å². The third-order valence-electron chi connectivity index (χ3n) is 5.26. The molecule has 3 N–H and O–H groups in total. The van der Waals surface area contributed by atoms with E-state index < -0.39 is 11.7 Å². The number of nitrogens with zero attached hydrogens (tertiary/aromatic N) is 1. The van der Waals surface area contributed by atoms with Crippen LogP contribution in [0.1, 0.15) is 43.7 Å². The Kier molecular flexibility index (Phi) is 3.73. The predicted octanol–water partition coefficient (Wildman–Crippen LogP) is 2.66. The van der Waals surface area contributed by atoms with Crippen LogP contribution in [0, 0.1) is 5.41 Å². The number of hydrogen-bond donors (Lipinski definition) is 2. The molecule has 2 fully saturated rings. The first-order chi connectivity index (χ1) is 11.9. The quantitative estimate of drug-likeness (QED) is 0.887. The fourth-order valence-electron chi connectivity index (χ4n) is 4.00. The number of pyridine rings is 1. The number of carbonyl (C=O) groups excluding carboxylic acids is 1. The molecule has 3 heterocycles. The lowest BCUT2D eigenvalue weighted by Crippen LogP contribution is -2.50. The van der Waals surface area contributed by atoms with Crippen molar-refractivity contribution >= 4 is 22.7 Å². The molecule has 7 nitrogen and oxygen atoms in total. The lowest BCUT2D eigenvalue weighted by atomic mass is 9.70. The molecule has 25 heavy (non-hydrogen) atoms. The van der Waals surface area contributed by atoms with Crippen LogP contribution in [0.25, 0.3) is 11.0 Å². The number of anilines is 1. The van der Waals surface area contributed by atoms with Crippen molar-refractivity contribution in [2.45, 2.75) is 44.9 Å². The molecule has 134 valence electrons. The number of hydrogen-bond acceptors (Lipinski definition) is 6. The maximum Gasteiger partial charge on any atom is 0.284 e. The Morgan fingerprint density at radius 3 is 2.76 bits per heavy atom. The first-order valence-electron chi connectivity index (χ1n) is 8.61. The molecule has 0 bridgehead atoms. The number of amides is 1. The molecule has 2 aromatic rings. The Balaban J connectivity index is 1.53. The van der Waals surface area contributed by atoms with Crippen LogP contribution in [-0.2, 0) is 9.47 Å². The largest absolute Gasteiger partial charge is 0.449 e. The zero-order valence-corrected chi connectivity index (χ0v) is 14.5. The molecule has 7 heteroatoms. The number of ether oxygens (including phenoxy) is 2. The molecule has 4 rings (SSSR count). The minimum atomic E-state index is -0.582. The first kappa shape index (κ1) is 16.4. The fraction of sp³-hybridized carbons (Fsp3) is 0.556. The Morgan fingerprint density at radius 1 is 1.32 bits per heavy atom. The Hall–Kier alpha value is -2.12. The lowest BCUT2D eigenvalue weighted by molar-refractivity contribution is -0.199. The Bertz CT molecular complexity index is 808. The van der Waals surface area contributed by atoms with Gasteiger partial charge in [0.2, 0.25) is 0 Å². The topological polar surface area (TPSA) is 99.6 Å². The summed E-state index contributed by atoms with van der Waals surface area (Å²) in [6.45, 7) is 5.79. The summed E-state index contributed by atoms with van der Waals surface area (Å²) < 4.78 is 17.1. The number of nitrogens with one attached hydrogen (secondary N) is 1. The smallest absolute Gasteiger partial charge is 0.284 e. The van der Waals surface area contributed by atoms with Crippen LogP contribution in [0.4, 0.5) is 5.82 Å². The first-order valence-corrected chi connectivity index (χ1v) is 8.61. The maximum atomic E-state index is 11.2. The van der Waals surface area contributed by atoms with E-state index in [1.54, 1.807) is 12.3 Å². The minimum Gasteiger partial charge on any atom is -0.449 e. The monoisotopic (exact) mass is 345 g/mol. The summed E-state index contributed by atoms with van der Waals surface area (Å²) >= 11 is 0. The molecule has 1 unspecified atom stereocenters. The van der Waals surface area contributed by atoms with Gasteiger partial charge >= 0.3 is 0 Å². The summed E-state index contributed by atoms with van der Waals surface area (Å²) in [6.07, 6.45) is 4.26. The van der Waals surface area contributed by atoms with Crippen LogP contribution in [0.3, 0.4) is 0 Å². The van der Waals surface area contributed by atoms with Crippen molar-refractivity contribution in [3.63, 3.8) is 0 Å². The van der Waals surface area contributed by atoms with E-state index in [0.29, 0.717) is 18.8 Å². The van der Waals surface area contributed by atoms with Crippen molar-refractivity contribution in [1.82, 2.24) is 4.98 Å². The number of nitrogens with two attached hydrogens (primary N) is 1. The van der Waals surface area contributed by atoms with Gasteiger partial charge in [-0.05, 0) is 24.0 Å². The highest BCUT2D eigenvalue weighted by atomic mass is 16.7. The standard InChI is InChI=1S/C18H23N3O4/c1-17(2)10-18(23-5-6-24-18)4-3-14(17)21-15-8-11-7-12(16(19)22)25-13(11)9-20-15/h7-9,14H,3-6,10H2,1-2H3,(H2,19,22)(H,20,21). The minimum absolute atomic E-state index is 0.00594. The zero-order valence-electron chi connectivity index (χ0n) is 14.5. The fourth-order valence-corrected chi connectivity index (χ4v) is 4.00. The molecule has 1 saturated carbocycles. The summed E-state index contributed by atoms with van der Waals surface area (Å²) in [7, 11) is 0. The van der Waals surface area contributed by atoms with Gasteiger partial charge in [-0.2, -0.15) is 0 Å². The molecule has 1 amide bonds. The van der Waals surface area contributed by atoms with Gasteiger partial charge in [0.15, 0.2) is 17.1 Å². The van der Waals surface area contributed by atoms with E-state index in [2.05, 4.69) is 24.1 Å². The summed E-state index contributed by atoms with van der Waals surface area (Å²) in [5.41, 5.74) is 5.81. The number of carbonyl (C=O) groups is 1. The number of primary amides is 1. The Labute approximate surface area is 145 Å². The molecule has 0 radical (unpaired) electrons. The van der Waals surface area contributed by atoms with Gasteiger partial charge in [-0.25, -0.2) is 4.98 Å². The van der Waals surface area contributed by atoms with Crippen LogP contribution >= 0.6 is 0 Å². The molecule has 2 aliphatic rings. The van der Waals surface area contributed by atoms with Crippen molar-refractivity contribution in [2.75, 3.05) is 18.5 Å². The number of aromatic nitrogens is 1. The van der Waals surface area contributed by atoms with Crippen molar-refractivity contribution in [3.8, 4) is 0 Å². The van der Waals surface area contributed by atoms with E-state index in [0.717, 1.165) is 30.5 Å². The molecule has 2 aromatic heterocycles. The van der Waals surface area contributed by atoms with E-state index >= 15 is 0 Å². The normalized spacial score (nSPS) is 24.6. The van der Waals surface area contributed by atoms with E-state index in [1.165, 1.54) is 0 Å². The van der Waals surface area contributed by atoms with E-state index in [1.807, 2.05) is 6.07 Å². The SMILES string of the molecule is CC1(C)CC2(CCC1Nc1cc3cc(C(N)=O)oc3cn1)OCCO2. The number of rotatable bonds is 3. The number of furan rings is 1. The van der Waals surface area contributed by atoms with Crippen LogP contribution < -0.4 is 11.1 Å². The van der Waals surface area contributed by atoms with E-state index in [4.69, 9.17) is 19.6 Å². The average molecular weight is 345 g/mol. The van der Waals surface area contributed by atoms with Gasteiger partial charge < -0.3 is 24.9 Å². The third kappa shape index (κ3) is 2.98. The Morgan fingerprint density at radius 2 is 2.08 bits per heavy atom. The highest BCUT2D eigenvalue weighted by Gasteiger charge is 2.48. The van der Waals surface area contributed by atoms with Gasteiger partial charge in [0.05, 0.1) is 19.4 Å². The summed E-state index contributed by atoms with van der Waals surface area (Å²) in [4.78, 5) is 15.7. The predicted molar refractivity (Wildman–Crippen MR) is 92.2 cm³/mol. The average Bonchev–Trinajstić information content (AvgIpc) is 3.16. The summed E-state index contributed by atoms with van der Waals surface area (Å²) in [5.74, 6) is -0.1000. The van der Waals surface area contributed by atoms with Gasteiger partial charge in [-0.15, -0.1) is 0 Å². The highest BCUT2D eigenvalue weighted by molar-refractivity contribution is 5.95. The second kappa shape index (κ2) is 5.71.